The summed E-state index contributed by atoms with van der Waals surface area (Å²) in [5.41, 5.74) is 3.42. The molecule has 0 N–H and O–H groups in total. The number of hydrogen-bond acceptors (Lipinski definition) is 4. The molecule has 0 radical (unpaired) electrons. The molecule has 0 atom stereocenters. The van der Waals surface area contributed by atoms with Gasteiger partial charge in [-0.15, -0.1) is 0 Å². The molecule has 0 aromatic heterocycles. The van der Waals surface area contributed by atoms with Crippen molar-refractivity contribution < 1.29 is 17.9 Å². The topological polar surface area (TPSA) is 60.4 Å². The maximum absolute atomic E-state index is 12.1. The Morgan fingerprint density at radius 2 is 1.38 bits per heavy atom. The average molecular weight is 366 g/mol. The van der Waals surface area contributed by atoms with E-state index in [9.17, 15) is 13.2 Å². The van der Waals surface area contributed by atoms with Crippen molar-refractivity contribution in [1.29, 1.82) is 0 Å². The van der Waals surface area contributed by atoms with Crippen molar-refractivity contribution in [2.75, 3.05) is 6.26 Å². The van der Waals surface area contributed by atoms with Crippen molar-refractivity contribution in [3.05, 3.63) is 90.0 Å². The Morgan fingerprint density at radius 3 is 1.96 bits per heavy atom. The Kier molecular flexibility index (Phi) is 5.19. The molecule has 0 fully saturated rings. The van der Waals surface area contributed by atoms with Crippen LogP contribution in [0.1, 0.15) is 15.9 Å². The van der Waals surface area contributed by atoms with E-state index in [-0.39, 0.29) is 11.5 Å². The first-order valence-electron chi connectivity index (χ1n) is 8.05. The van der Waals surface area contributed by atoms with Gasteiger partial charge in [0, 0.05) is 6.26 Å². The third kappa shape index (κ3) is 4.37. The zero-order valence-electron chi connectivity index (χ0n) is 14.3. The lowest BCUT2D eigenvalue weighted by Gasteiger charge is -2.07. The molecular weight excluding hydrogens is 348 g/mol. The molecule has 3 rings (SSSR count). The highest BCUT2D eigenvalue weighted by molar-refractivity contribution is 7.90. The van der Waals surface area contributed by atoms with Crippen molar-refractivity contribution in [2.24, 2.45) is 0 Å². The molecule has 0 bridgehead atoms. The quantitative estimate of drug-likeness (QED) is 0.638. The molecule has 0 unspecified atom stereocenters. The Hall–Kier alpha value is -2.92. The first-order chi connectivity index (χ1) is 12.4. The van der Waals surface area contributed by atoms with Crippen LogP contribution < -0.4 is 0 Å². The molecule has 0 aliphatic heterocycles. The van der Waals surface area contributed by atoms with Gasteiger partial charge < -0.3 is 4.74 Å². The molecular formula is C21H18O4S. The predicted octanol–water partition coefficient (Wildman–Crippen LogP) is 4.11. The molecule has 0 saturated carbocycles. The van der Waals surface area contributed by atoms with E-state index in [1.807, 2.05) is 54.6 Å². The van der Waals surface area contributed by atoms with E-state index in [0.717, 1.165) is 22.9 Å². The summed E-state index contributed by atoms with van der Waals surface area (Å²) in [6, 6.07) is 23.5. The maximum atomic E-state index is 12.1. The van der Waals surface area contributed by atoms with Crippen LogP contribution in [0.3, 0.4) is 0 Å². The van der Waals surface area contributed by atoms with Gasteiger partial charge in [0.05, 0.1) is 10.5 Å². The van der Waals surface area contributed by atoms with Crippen LogP contribution in [0.4, 0.5) is 0 Å². The second kappa shape index (κ2) is 7.54. The summed E-state index contributed by atoms with van der Waals surface area (Å²) in [5, 5.41) is 0. The summed E-state index contributed by atoms with van der Waals surface area (Å²) in [5.74, 6) is -0.489. The van der Waals surface area contributed by atoms with Crippen LogP contribution in [-0.4, -0.2) is 20.6 Å². The molecule has 26 heavy (non-hydrogen) atoms. The predicted molar refractivity (Wildman–Crippen MR) is 101 cm³/mol. The highest BCUT2D eigenvalue weighted by Gasteiger charge is 2.11. The average Bonchev–Trinajstić information content (AvgIpc) is 2.66. The van der Waals surface area contributed by atoms with Gasteiger partial charge in [0.1, 0.15) is 6.61 Å². The minimum Gasteiger partial charge on any atom is -0.457 e. The van der Waals surface area contributed by atoms with Gasteiger partial charge >= 0.3 is 5.97 Å². The van der Waals surface area contributed by atoms with E-state index in [1.165, 1.54) is 24.3 Å². The van der Waals surface area contributed by atoms with Crippen molar-refractivity contribution >= 4 is 15.8 Å². The molecule has 5 heteroatoms. The Bertz CT molecular complexity index is 990. The van der Waals surface area contributed by atoms with Crippen LogP contribution in [-0.2, 0) is 21.2 Å². The third-order valence-electron chi connectivity index (χ3n) is 3.95. The first kappa shape index (κ1) is 17.9. The first-order valence-corrected chi connectivity index (χ1v) is 9.94. The van der Waals surface area contributed by atoms with Crippen LogP contribution in [0.2, 0.25) is 0 Å². The molecule has 3 aromatic carbocycles. The summed E-state index contributed by atoms with van der Waals surface area (Å²) < 4.78 is 28.2. The second-order valence-electron chi connectivity index (χ2n) is 5.94. The maximum Gasteiger partial charge on any atom is 0.338 e. The van der Waals surface area contributed by atoms with Gasteiger partial charge in [0.15, 0.2) is 9.84 Å². The molecule has 132 valence electrons. The summed E-state index contributed by atoms with van der Waals surface area (Å²) in [7, 11) is -3.28. The largest absolute Gasteiger partial charge is 0.457 e. The molecule has 4 nitrogen and oxygen atoms in total. The van der Waals surface area contributed by atoms with Crippen molar-refractivity contribution in [1.82, 2.24) is 0 Å². The van der Waals surface area contributed by atoms with E-state index in [4.69, 9.17) is 4.74 Å². The molecule has 3 aromatic rings. The minimum atomic E-state index is -3.28. The fraction of sp³-hybridized carbons (Fsp3) is 0.0952. The number of hydrogen-bond donors (Lipinski definition) is 0. The molecule has 0 aliphatic rings. The van der Waals surface area contributed by atoms with Gasteiger partial charge in [-0.2, -0.15) is 0 Å². The smallest absolute Gasteiger partial charge is 0.338 e. The number of rotatable bonds is 5. The fourth-order valence-electron chi connectivity index (χ4n) is 2.49. The van der Waals surface area contributed by atoms with Gasteiger partial charge in [-0.05, 0) is 41.0 Å². The van der Waals surface area contributed by atoms with Crippen LogP contribution in [0.5, 0.6) is 0 Å². The normalized spacial score (nSPS) is 11.1. The molecule has 0 saturated heterocycles. The second-order valence-corrected chi connectivity index (χ2v) is 7.95. The number of sulfone groups is 1. The Morgan fingerprint density at radius 1 is 0.808 bits per heavy atom. The lowest BCUT2D eigenvalue weighted by atomic mass is 10.0. The van der Waals surface area contributed by atoms with Crippen LogP contribution in [0, 0.1) is 0 Å². The number of carbonyl (C=O) groups excluding carboxylic acids is 1. The van der Waals surface area contributed by atoms with Crippen molar-refractivity contribution in [3.8, 4) is 11.1 Å². The number of carbonyl (C=O) groups is 1. The molecule has 0 heterocycles. The van der Waals surface area contributed by atoms with E-state index in [0.29, 0.717) is 5.56 Å². The lowest BCUT2D eigenvalue weighted by molar-refractivity contribution is 0.0472. The van der Waals surface area contributed by atoms with E-state index < -0.39 is 15.8 Å². The Balaban J connectivity index is 1.62. The van der Waals surface area contributed by atoms with Gasteiger partial charge in [-0.1, -0.05) is 54.6 Å². The van der Waals surface area contributed by atoms with Crippen molar-refractivity contribution in [2.45, 2.75) is 11.5 Å². The van der Waals surface area contributed by atoms with Crippen LogP contribution in [0.25, 0.3) is 11.1 Å². The summed E-state index contributed by atoms with van der Waals surface area (Å²) in [6.07, 6.45) is 1.12. The molecule has 0 amide bonds. The Labute approximate surface area is 153 Å². The SMILES string of the molecule is CS(=O)(=O)c1ccc(C(=O)OCc2ccc(-c3ccccc3)cc2)cc1. The highest BCUT2D eigenvalue weighted by Crippen LogP contribution is 2.19. The number of ether oxygens (including phenoxy) is 1. The molecule has 0 spiro atoms. The van der Waals surface area contributed by atoms with E-state index in [2.05, 4.69) is 0 Å². The van der Waals surface area contributed by atoms with Crippen molar-refractivity contribution in [3.63, 3.8) is 0 Å². The van der Waals surface area contributed by atoms with Gasteiger partial charge in [0.2, 0.25) is 0 Å². The summed E-state index contributed by atoms with van der Waals surface area (Å²) in [4.78, 5) is 12.3. The zero-order chi connectivity index (χ0) is 18.6. The van der Waals surface area contributed by atoms with Gasteiger partial charge in [0.25, 0.3) is 0 Å². The van der Waals surface area contributed by atoms with Crippen LogP contribution in [0.15, 0.2) is 83.8 Å². The van der Waals surface area contributed by atoms with E-state index >= 15 is 0 Å². The fourth-order valence-corrected chi connectivity index (χ4v) is 3.12. The zero-order valence-corrected chi connectivity index (χ0v) is 15.1. The van der Waals surface area contributed by atoms with Crippen LogP contribution >= 0.6 is 0 Å². The summed E-state index contributed by atoms with van der Waals surface area (Å²) in [6.45, 7) is 0.154. The van der Waals surface area contributed by atoms with E-state index in [1.54, 1.807) is 0 Å². The van der Waals surface area contributed by atoms with Gasteiger partial charge in [-0.3, -0.25) is 0 Å². The van der Waals surface area contributed by atoms with Gasteiger partial charge in [-0.25, -0.2) is 13.2 Å². The number of esters is 1. The minimum absolute atomic E-state index is 0.154. The standard InChI is InChI=1S/C21H18O4S/c1-26(23,24)20-13-11-19(12-14-20)21(22)25-15-16-7-9-18(10-8-16)17-5-3-2-4-6-17/h2-14H,15H2,1H3. The lowest BCUT2D eigenvalue weighted by Crippen LogP contribution is -2.06. The number of benzene rings is 3. The highest BCUT2D eigenvalue weighted by atomic mass is 32.2. The summed E-state index contributed by atoms with van der Waals surface area (Å²) >= 11 is 0. The monoisotopic (exact) mass is 366 g/mol. The third-order valence-corrected chi connectivity index (χ3v) is 5.08. The molecule has 0 aliphatic carbocycles.